The Kier molecular flexibility index (Phi) is 5.14. The number of nitrogens with zero attached hydrogens (tertiary/aromatic N) is 2. The van der Waals surface area contributed by atoms with Gasteiger partial charge in [-0.05, 0) is 44.4 Å². The smallest absolute Gasteiger partial charge is 0.227 e. The van der Waals surface area contributed by atoms with Crippen LogP contribution in [0.4, 0.5) is 5.82 Å². The largest absolute Gasteiger partial charge is 0.438 e. The minimum atomic E-state index is 0.650. The molecule has 0 radical (unpaired) electrons. The summed E-state index contributed by atoms with van der Waals surface area (Å²) in [5.74, 6) is 2.37. The fourth-order valence-electron chi connectivity index (χ4n) is 2.22. The summed E-state index contributed by atoms with van der Waals surface area (Å²) < 4.78 is 6.07. The lowest BCUT2D eigenvalue weighted by atomic mass is 10.1. The molecule has 1 aromatic heterocycles. The predicted octanol–water partition coefficient (Wildman–Crippen LogP) is 4.27. The topological polar surface area (TPSA) is 47.0 Å². The van der Waals surface area contributed by atoms with Crippen molar-refractivity contribution in [1.29, 1.82) is 0 Å². The SMILES string of the molecule is CCCc1c(NCC)ncnc1Oc1cccc(C)c1C. The molecule has 0 unspecified atom stereocenters. The van der Waals surface area contributed by atoms with E-state index in [9.17, 15) is 0 Å². The highest BCUT2D eigenvalue weighted by atomic mass is 16.5. The second-order valence-corrected chi connectivity index (χ2v) is 5.09. The molecule has 0 aliphatic carbocycles. The lowest BCUT2D eigenvalue weighted by Crippen LogP contribution is -2.06. The highest BCUT2D eigenvalue weighted by molar-refractivity contribution is 5.50. The minimum absolute atomic E-state index is 0.650. The summed E-state index contributed by atoms with van der Waals surface area (Å²) in [4.78, 5) is 8.66. The molecule has 0 saturated carbocycles. The zero-order valence-electron chi connectivity index (χ0n) is 13.2. The van der Waals surface area contributed by atoms with E-state index in [1.54, 1.807) is 6.33 Å². The van der Waals surface area contributed by atoms with Gasteiger partial charge in [-0.3, -0.25) is 0 Å². The number of aryl methyl sites for hydroxylation is 1. The maximum Gasteiger partial charge on any atom is 0.227 e. The first-order chi connectivity index (χ1) is 10.2. The van der Waals surface area contributed by atoms with Gasteiger partial charge in [-0.2, -0.15) is 0 Å². The third kappa shape index (κ3) is 3.51. The van der Waals surface area contributed by atoms with Gasteiger partial charge >= 0.3 is 0 Å². The van der Waals surface area contributed by atoms with Crippen LogP contribution in [0.3, 0.4) is 0 Å². The van der Waals surface area contributed by atoms with E-state index in [2.05, 4.69) is 49.0 Å². The highest BCUT2D eigenvalue weighted by Gasteiger charge is 2.13. The summed E-state index contributed by atoms with van der Waals surface area (Å²) in [6.45, 7) is 9.18. The molecule has 0 aliphatic heterocycles. The van der Waals surface area contributed by atoms with Gasteiger partial charge in [0.1, 0.15) is 17.9 Å². The first kappa shape index (κ1) is 15.3. The zero-order valence-corrected chi connectivity index (χ0v) is 13.2. The summed E-state index contributed by atoms with van der Waals surface area (Å²) >= 11 is 0. The molecule has 0 saturated heterocycles. The summed E-state index contributed by atoms with van der Waals surface area (Å²) in [6, 6.07) is 6.07. The molecule has 2 aromatic rings. The molecule has 0 aliphatic rings. The van der Waals surface area contributed by atoms with Crippen LogP contribution in [0.15, 0.2) is 24.5 Å². The Bertz CT molecular complexity index is 611. The Morgan fingerprint density at radius 1 is 1.14 bits per heavy atom. The lowest BCUT2D eigenvalue weighted by molar-refractivity contribution is 0.450. The van der Waals surface area contributed by atoms with Crippen LogP contribution in [0, 0.1) is 13.8 Å². The Morgan fingerprint density at radius 2 is 1.95 bits per heavy atom. The quantitative estimate of drug-likeness (QED) is 0.861. The minimum Gasteiger partial charge on any atom is -0.438 e. The Balaban J connectivity index is 2.38. The van der Waals surface area contributed by atoms with Gasteiger partial charge in [-0.1, -0.05) is 25.5 Å². The van der Waals surface area contributed by atoms with Crippen molar-refractivity contribution in [2.24, 2.45) is 0 Å². The van der Waals surface area contributed by atoms with Crippen molar-refractivity contribution in [3.63, 3.8) is 0 Å². The van der Waals surface area contributed by atoms with E-state index in [1.165, 1.54) is 5.56 Å². The molecule has 1 aromatic carbocycles. The average molecular weight is 285 g/mol. The molecular formula is C17H23N3O. The third-order valence-corrected chi connectivity index (χ3v) is 3.51. The molecule has 0 amide bonds. The number of benzene rings is 1. The summed E-state index contributed by atoms with van der Waals surface area (Å²) in [5.41, 5.74) is 3.40. The molecule has 0 atom stereocenters. The summed E-state index contributed by atoms with van der Waals surface area (Å²) in [6.07, 6.45) is 3.47. The van der Waals surface area contributed by atoms with E-state index in [1.807, 2.05) is 12.1 Å². The summed E-state index contributed by atoms with van der Waals surface area (Å²) in [5, 5.41) is 3.28. The van der Waals surface area contributed by atoms with Crippen molar-refractivity contribution < 1.29 is 4.74 Å². The van der Waals surface area contributed by atoms with Crippen LogP contribution < -0.4 is 10.1 Å². The normalized spacial score (nSPS) is 10.5. The van der Waals surface area contributed by atoms with E-state index in [0.29, 0.717) is 5.88 Å². The monoisotopic (exact) mass is 285 g/mol. The predicted molar refractivity (Wildman–Crippen MR) is 86.2 cm³/mol. The fraction of sp³-hybridized carbons (Fsp3) is 0.412. The van der Waals surface area contributed by atoms with Crippen molar-refractivity contribution in [2.75, 3.05) is 11.9 Å². The van der Waals surface area contributed by atoms with Crippen molar-refractivity contribution >= 4 is 5.82 Å². The lowest BCUT2D eigenvalue weighted by Gasteiger charge is -2.15. The van der Waals surface area contributed by atoms with Crippen LogP contribution in [-0.4, -0.2) is 16.5 Å². The van der Waals surface area contributed by atoms with Crippen molar-refractivity contribution in [3.05, 3.63) is 41.2 Å². The average Bonchev–Trinajstić information content (AvgIpc) is 2.47. The first-order valence-corrected chi connectivity index (χ1v) is 7.49. The second kappa shape index (κ2) is 7.07. The third-order valence-electron chi connectivity index (χ3n) is 3.51. The molecular weight excluding hydrogens is 262 g/mol. The van der Waals surface area contributed by atoms with Crippen molar-refractivity contribution in [2.45, 2.75) is 40.5 Å². The molecule has 4 nitrogen and oxygen atoms in total. The van der Waals surface area contributed by atoms with Gasteiger partial charge in [0, 0.05) is 6.54 Å². The van der Waals surface area contributed by atoms with Crippen LogP contribution >= 0.6 is 0 Å². The first-order valence-electron chi connectivity index (χ1n) is 7.49. The van der Waals surface area contributed by atoms with E-state index >= 15 is 0 Å². The van der Waals surface area contributed by atoms with Gasteiger partial charge in [-0.25, -0.2) is 9.97 Å². The van der Waals surface area contributed by atoms with Crippen molar-refractivity contribution in [1.82, 2.24) is 9.97 Å². The maximum absolute atomic E-state index is 6.07. The van der Waals surface area contributed by atoms with E-state index in [-0.39, 0.29) is 0 Å². The van der Waals surface area contributed by atoms with Crippen LogP contribution in [0.2, 0.25) is 0 Å². The van der Waals surface area contributed by atoms with Gasteiger partial charge < -0.3 is 10.1 Å². The van der Waals surface area contributed by atoms with Gasteiger partial charge in [0.2, 0.25) is 5.88 Å². The number of hydrogen-bond donors (Lipinski definition) is 1. The van der Waals surface area contributed by atoms with Crippen LogP contribution in [0.25, 0.3) is 0 Å². The van der Waals surface area contributed by atoms with Crippen LogP contribution in [-0.2, 0) is 6.42 Å². The molecule has 0 spiro atoms. The highest BCUT2D eigenvalue weighted by Crippen LogP contribution is 2.30. The number of rotatable bonds is 6. The molecule has 1 N–H and O–H groups in total. The molecule has 112 valence electrons. The molecule has 4 heteroatoms. The number of anilines is 1. The van der Waals surface area contributed by atoms with Gasteiger partial charge in [-0.15, -0.1) is 0 Å². The zero-order chi connectivity index (χ0) is 15.2. The molecule has 2 rings (SSSR count). The van der Waals surface area contributed by atoms with Crippen LogP contribution in [0.1, 0.15) is 37.0 Å². The van der Waals surface area contributed by atoms with Crippen LogP contribution in [0.5, 0.6) is 11.6 Å². The van der Waals surface area contributed by atoms with E-state index in [4.69, 9.17) is 4.74 Å². The standard InChI is InChI=1S/C17H23N3O/c1-5-8-14-16(18-6-2)19-11-20-17(14)21-15-10-7-9-12(3)13(15)4/h7,9-11H,5-6,8H2,1-4H3,(H,18,19,20). The second-order valence-electron chi connectivity index (χ2n) is 5.09. The number of ether oxygens (including phenoxy) is 1. The number of hydrogen-bond acceptors (Lipinski definition) is 4. The molecule has 1 heterocycles. The number of aromatic nitrogens is 2. The van der Waals surface area contributed by atoms with Gasteiger partial charge in [0.05, 0.1) is 5.56 Å². The molecule has 0 bridgehead atoms. The Hall–Kier alpha value is -2.10. The van der Waals surface area contributed by atoms with Crippen molar-refractivity contribution in [3.8, 4) is 11.6 Å². The summed E-state index contributed by atoms with van der Waals surface area (Å²) in [7, 11) is 0. The fourth-order valence-corrected chi connectivity index (χ4v) is 2.22. The number of nitrogens with one attached hydrogen (secondary N) is 1. The molecule has 0 fully saturated rings. The Morgan fingerprint density at radius 3 is 2.67 bits per heavy atom. The van der Waals surface area contributed by atoms with Gasteiger partial charge in [0.15, 0.2) is 0 Å². The Labute approximate surface area is 126 Å². The maximum atomic E-state index is 6.07. The van der Waals surface area contributed by atoms with E-state index < -0.39 is 0 Å². The van der Waals surface area contributed by atoms with E-state index in [0.717, 1.165) is 42.1 Å². The molecule has 21 heavy (non-hydrogen) atoms. The van der Waals surface area contributed by atoms with Gasteiger partial charge in [0.25, 0.3) is 0 Å².